The van der Waals surface area contributed by atoms with E-state index in [9.17, 15) is 4.39 Å². The molecule has 2 aromatic heterocycles. The predicted octanol–water partition coefficient (Wildman–Crippen LogP) is 3.20. The predicted molar refractivity (Wildman–Crippen MR) is 85.7 cm³/mol. The third kappa shape index (κ3) is 2.84. The van der Waals surface area contributed by atoms with Crippen LogP contribution in [-0.2, 0) is 17.7 Å². The summed E-state index contributed by atoms with van der Waals surface area (Å²) in [6.45, 7) is 2.40. The Morgan fingerprint density at radius 1 is 1.22 bits per heavy atom. The molecule has 23 heavy (non-hydrogen) atoms. The normalized spacial score (nSPS) is 17.9. The molecule has 1 aliphatic heterocycles. The molecule has 118 valence electrons. The van der Waals surface area contributed by atoms with Crippen LogP contribution in [0.15, 0.2) is 42.6 Å². The highest BCUT2D eigenvalue weighted by atomic mass is 19.1. The number of nitrogens with zero attached hydrogens (tertiary/aromatic N) is 3. The zero-order valence-corrected chi connectivity index (χ0v) is 12.8. The summed E-state index contributed by atoms with van der Waals surface area (Å²) in [6, 6.07) is 10.7. The Kier molecular flexibility index (Phi) is 3.79. The number of halogens is 1. The summed E-state index contributed by atoms with van der Waals surface area (Å²) in [4.78, 5) is 9.16. The van der Waals surface area contributed by atoms with E-state index in [0.29, 0.717) is 17.9 Å². The fraction of sp³-hybridized carbons (Fsp3) is 0.333. The van der Waals surface area contributed by atoms with Gasteiger partial charge in [0, 0.05) is 31.7 Å². The molecule has 0 N–H and O–H groups in total. The molecule has 0 radical (unpaired) electrons. The average Bonchev–Trinajstić information content (AvgIpc) is 3.19. The fourth-order valence-electron chi connectivity index (χ4n) is 3.13. The van der Waals surface area contributed by atoms with Crippen LogP contribution in [0.25, 0.3) is 11.2 Å². The quantitative estimate of drug-likeness (QED) is 0.743. The van der Waals surface area contributed by atoms with Crippen LogP contribution in [0.3, 0.4) is 0 Å². The van der Waals surface area contributed by atoms with Gasteiger partial charge in [-0.05, 0) is 30.2 Å². The zero-order valence-electron chi connectivity index (χ0n) is 12.8. The molecule has 0 aliphatic carbocycles. The van der Waals surface area contributed by atoms with Crippen molar-refractivity contribution in [1.82, 2.24) is 14.5 Å². The van der Waals surface area contributed by atoms with Crippen LogP contribution in [-0.4, -0.2) is 27.7 Å². The van der Waals surface area contributed by atoms with E-state index in [1.165, 1.54) is 6.07 Å². The number of hydrogen-bond acceptors (Lipinski definition) is 3. The van der Waals surface area contributed by atoms with Crippen molar-refractivity contribution in [3.8, 4) is 0 Å². The van der Waals surface area contributed by atoms with Gasteiger partial charge in [0.25, 0.3) is 0 Å². The maximum absolute atomic E-state index is 14.0. The molecule has 1 unspecified atom stereocenters. The van der Waals surface area contributed by atoms with Crippen molar-refractivity contribution in [2.75, 3.05) is 13.2 Å². The Bertz CT molecular complexity index is 824. The first-order valence-electron chi connectivity index (χ1n) is 7.92. The molecule has 4 nitrogen and oxygen atoms in total. The number of hydrogen-bond donors (Lipinski definition) is 0. The first kappa shape index (κ1) is 14.3. The lowest BCUT2D eigenvalue weighted by Crippen LogP contribution is -2.14. The topological polar surface area (TPSA) is 39.9 Å². The van der Waals surface area contributed by atoms with E-state index in [1.54, 1.807) is 12.3 Å². The fourth-order valence-corrected chi connectivity index (χ4v) is 3.13. The number of ether oxygens (including phenoxy) is 1. The van der Waals surface area contributed by atoms with E-state index in [0.717, 1.165) is 43.2 Å². The number of fused-ring (bicyclic) bond motifs is 1. The molecule has 1 aliphatic rings. The minimum absolute atomic E-state index is 0.191. The van der Waals surface area contributed by atoms with Gasteiger partial charge in [-0.15, -0.1) is 0 Å². The molecule has 0 amide bonds. The number of benzene rings is 1. The molecule has 3 aromatic rings. The second-order valence-electron chi connectivity index (χ2n) is 5.98. The zero-order chi connectivity index (χ0) is 15.6. The Hall–Kier alpha value is -2.27. The van der Waals surface area contributed by atoms with Crippen LogP contribution >= 0.6 is 0 Å². The van der Waals surface area contributed by atoms with E-state index >= 15 is 0 Å². The van der Waals surface area contributed by atoms with Crippen LogP contribution in [0.1, 0.15) is 17.8 Å². The van der Waals surface area contributed by atoms with Gasteiger partial charge in [-0.25, -0.2) is 14.4 Å². The lowest BCUT2D eigenvalue weighted by Gasteiger charge is -2.13. The van der Waals surface area contributed by atoms with Gasteiger partial charge in [-0.1, -0.05) is 18.2 Å². The van der Waals surface area contributed by atoms with Crippen LogP contribution in [0.2, 0.25) is 0 Å². The highest BCUT2D eigenvalue weighted by molar-refractivity contribution is 5.71. The summed E-state index contributed by atoms with van der Waals surface area (Å²) in [5.74, 6) is 1.13. The van der Waals surface area contributed by atoms with Gasteiger partial charge >= 0.3 is 0 Å². The SMILES string of the molecule is Fc1ccccc1Cc1nc2cccnc2n1CC1CCOC1. The Morgan fingerprint density at radius 2 is 2.13 bits per heavy atom. The van der Waals surface area contributed by atoms with E-state index < -0.39 is 0 Å². The van der Waals surface area contributed by atoms with Crippen molar-refractivity contribution < 1.29 is 9.13 Å². The molecule has 5 heteroatoms. The third-order valence-corrected chi connectivity index (χ3v) is 4.35. The molecule has 1 aromatic carbocycles. The van der Waals surface area contributed by atoms with Gasteiger partial charge in [0.15, 0.2) is 5.65 Å². The number of rotatable bonds is 4. The second-order valence-corrected chi connectivity index (χ2v) is 5.98. The Morgan fingerprint density at radius 3 is 2.96 bits per heavy atom. The molecule has 0 saturated carbocycles. The summed E-state index contributed by atoms with van der Waals surface area (Å²) in [6.07, 6.45) is 3.29. The van der Waals surface area contributed by atoms with Gasteiger partial charge in [0.2, 0.25) is 0 Å². The standard InChI is InChI=1S/C18H18FN3O/c19-15-5-2-1-4-14(15)10-17-21-16-6-3-8-20-18(16)22(17)11-13-7-9-23-12-13/h1-6,8,13H,7,9-12H2. The van der Waals surface area contributed by atoms with Crippen molar-refractivity contribution in [3.05, 3.63) is 59.8 Å². The minimum atomic E-state index is -0.191. The summed E-state index contributed by atoms with van der Waals surface area (Å²) >= 11 is 0. The number of imidazole rings is 1. The lowest BCUT2D eigenvalue weighted by molar-refractivity contribution is 0.182. The maximum atomic E-state index is 14.0. The van der Waals surface area contributed by atoms with E-state index in [-0.39, 0.29) is 5.82 Å². The smallest absolute Gasteiger partial charge is 0.160 e. The van der Waals surface area contributed by atoms with Gasteiger partial charge < -0.3 is 9.30 Å². The van der Waals surface area contributed by atoms with Crippen LogP contribution in [0, 0.1) is 11.7 Å². The molecule has 0 bridgehead atoms. The average molecular weight is 311 g/mol. The summed E-state index contributed by atoms with van der Waals surface area (Å²) < 4.78 is 21.6. The monoisotopic (exact) mass is 311 g/mol. The van der Waals surface area contributed by atoms with Crippen molar-refractivity contribution in [1.29, 1.82) is 0 Å². The minimum Gasteiger partial charge on any atom is -0.381 e. The molecule has 0 spiro atoms. The molecule has 1 saturated heterocycles. The molecular formula is C18H18FN3O. The lowest BCUT2D eigenvalue weighted by atomic mass is 10.1. The highest BCUT2D eigenvalue weighted by Gasteiger charge is 2.20. The summed E-state index contributed by atoms with van der Waals surface area (Å²) in [5, 5.41) is 0. The van der Waals surface area contributed by atoms with E-state index in [2.05, 4.69) is 14.5 Å². The first-order chi connectivity index (χ1) is 11.3. The highest BCUT2D eigenvalue weighted by Crippen LogP contribution is 2.22. The van der Waals surface area contributed by atoms with Gasteiger partial charge in [-0.2, -0.15) is 0 Å². The van der Waals surface area contributed by atoms with E-state index in [1.807, 2.05) is 24.3 Å². The van der Waals surface area contributed by atoms with Gasteiger partial charge in [-0.3, -0.25) is 0 Å². The van der Waals surface area contributed by atoms with Crippen molar-refractivity contribution in [2.24, 2.45) is 5.92 Å². The van der Waals surface area contributed by atoms with E-state index in [4.69, 9.17) is 4.74 Å². The largest absolute Gasteiger partial charge is 0.381 e. The van der Waals surface area contributed by atoms with Crippen molar-refractivity contribution in [2.45, 2.75) is 19.4 Å². The van der Waals surface area contributed by atoms with Crippen LogP contribution < -0.4 is 0 Å². The number of pyridine rings is 1. The van der Waals surface area contributed by atoms with Crippen LogP contribution in [0.5, 0.6) is 0 Å². The number of aromatic nitrogens is 3. The van der Waals surface area contributed by atoms with Gasteiger partial charge in [0.05, 0.1) is 6.61 Å². The molecule has 1 atom stereocenters. The Labute approximate surface area is 133 Å². The summed E-state index contributed by atoms with van der Waals surface area (Å²) in [7, 11) is 0. The molecule has 4 rings (SSSR count). The third-order valence-electron chi connectivity index (χ3n) is 4.35. The molecule has 3 heterocycles. The van der Waals surface area contributed by atoms with Crippen molar-refractivity contribution in [3.63, 3.8) is 0 Å². The second kappa shape index (κ2) is 6.08. The van der Waals surface area contributed by atoms with Crippen LogP contribution in [0.4, 0.5) is 4.39 Å². The van der Waals surface area contributed by atoms with Crippen molar-refractivity contribution >= 4 is 11.2 Å². The van der Waals surface area contributed by atoms with Gasteiger partial charge in [0.1, 0.15) is 17.2 Å². The maximum Gasteiger partial charge on any atom is 0.160 e. The first-order valence-corrected chi connectivity index (χ1v) is 7.92. The molecular weight excluding hydrogens is 293 g/mol. The summed E-state index contributed by atoms with van der Waals surface area (Å²) in [5.41, 5.74) is 2.38. The molecule has 1 fully saturated rings. The Balaban J connectivity index is 1.73.